The minimum atomic E-state index is -0.286. The second-order valence-corrected chi connectivity index (χ2v) is 4.19. The van der Waals surface area contributed by atoms with E-state index in [2.05, 4.69) is 9.97 Å². The average molecular weight is 233 g/mol. The lowest BCUT2D eigenvalue weighted by Crippen LogP contribution is -2.06. The fraction of sp³-hybridized carbons (Fsp3) is 0.333. The molecule has 4 nitrogen and oxygen atoms in total. The van der Waals surface area contributed by atoms with Crippen molar-refractivity contribution in [2.75, 3.05) is 18.9 Å². The summed E-state index contributed by atoms with van der Waals surface area (Å²) in [6.45, 7) is 1.33. The number of hydrogen-bond acceptors (Lipinski definition) is 4. The first kappa shape index (κ1) is 10.4. The molecule has 1 aromatic carbocycles. The van der Waals surface area contributed by atoms with Crippen molar-refractivity contribution in [3.8, 4) is 0 Å². The van der Waals surface area contributed by atoms with Crippen LogP contribution < -0.4 is 5.73 Å². The maximum Gasteiger partial charge on any atom is 0.220 e. The molecule has 0 saturated carbocycles. The fourth-order valence-corrected chi connectivity index (χ4v) is 2.20. The van der Waals surface area contributed by atoms with Crippen LogP contribution in [0.3, 0.4) is 0 Å². The first-order chi connectivity index (χ1) is 8.24. The highest BCUT2D eigenvalue weighted by molar-refractivity contribution is 5.82. The van der Waals surface area contributed by atoms with Gasteiger partial charge in [-0.15, -0.1) is 0 Å². The van der Waals surface area contributed by atoms with Gasteiger partial charge in [-0.05, 0) is 24.6 Å². The number of aromatic nitrogens is 2. The van der Waals surface area contributed by atoms with Gasteiger partial charge in [-0.3, -0.25) is 0 Å². The molecule has 1 aliphatic rings. The molecule has 2 aromatic rings. The van der Waals surface area contributed by atoms with Crippen molar-refractivity contribution in [2.24, 2.45) is 0 Å². The van der Waals surface area contributed by atoms with Gasteiger partial charge in [0.05, 0.1) is 17.8 Å². The number of halogens is 1. The molecule has 2 N–H and O–H groups in total. The molecule has 0 radical (unpaired) electrons. The van der Waals surface area contributed by atoms with Crippen LogP contribution >= 0.6 is 0 Å². The molecule has 0 bridgehead atoms. The monoisotopic (exact) mass is 233 g/mol. The Morgan fingerprint density at radius 3 is 3.00 bits per heavy atom. The van der Waals surface area contributed by atoms with Crippen molar-refractivity contribution in [1.82, 2.24) is 9.97 Å². The molecule has 1 fully saturated rings. The summed E-state index contributed by atoms with van der Waals surface area (Å²) < 4.78 is 18.6. The van der Waals surface area contributed by atoms with E-state index >= 15 is 0 Å². The first-order valence-electron chi connectivity index (χ1n) is 5.54. The van der Waals surface area contributed by atoms with Gasteiger partial charge in [-0.1, -0.05) is 0 Å². The van der Waals surface area contributed by atoms with Crippen molar-refractivity contribution in [2.45, 2.75) is 12.3 Å². The van der Waals surface area contributed by atoms with Gasteiger partial charge in [0.2, 0.25) is 5.95 Å². The van der Waals surface area contributed by atoms with Crippen LogP contribution in [-0.4, -0.2) is 23.2 Å². The van der Waals surface area contributed by atoms with E-state index in [9.17, 15) is 4.39 Å². The summed E-state index contributed by atoms with van der Waals surface area (Å²) in [7, 11) is 0. The van der Waals surface area contributed by atoms with Gasteiger partial charge in [-0.25, -0.2) is 14.4 Å². The maximum absolute atomic E-state index is 13.3. The van der Waals surface area contributed by atoms with Gasteiger partial charge in [0.15, 0.2) is 0 Å². The third kappa shape index (κ3) is 1.82. The molecule has 1 saturated heterocycles. The Morgan fingerprint density at radius 2 is 2.24 bits per heavy atom. The third-order valence-electron chi connectivity index (χ3n) is 3.02. The quantitative estimate of drug-likeness (QED) is 0.816. The molecule has 1 unspecified atom stereocenters. The van der Waals surface area contributed by atoms with E-state index in [-0.39, 0.29) is 17.7 Å². The summed E-state index contributed by atoms with van der Waals surface area (Å²) in [6, 6.07) is 4.47. The zero-order valence-electron chi connectivity index (χ0n) is 9.19. The Balaban J connectivity index is 2.23. The summed E-state index contributed by atoms with van der Waals surface area (Å²) in [5.41, 5.74) is 7.15. The molecule has 2 heterocycles. The van der Waals surface area contributed by atoms with E-state index in [1.165, 1.54) is 12.1 Å². The van der Waals surface area contributed by atoms with Crippen LogP contribution in [0.2, 0.25) is 0 Å². The fourth-order valence-electron chi connectivity index (χ4n) is 2.20. The van der Waals surface area contributed by atoms with E-state index in [1.54, 1.807) is 6.07 Å². The van der Waals surface area contributed by atoms with Crippen molar-refractivity contribution >= 4 is 16.9 Å². The summed E-state index contributed by atoms with van der Waals surface area (Å²) in [5.74, 6) is 0.127. The van der Waals surface area contributed by atoms with E-state index in [1.807, 2.05) is 0 Å². The molecule has 0 amide bonds. The van der Waals surface area contributed by atoms with Gasteiger partial charge in [0.1, 0.15) is 5.82 Å². The third-order valence-corrected chi connectivity index (χ3v) is 3.02. The molecule has 5 heteroatoms. The SMILES string of the molecule is Nc1nc(C2CCOC2)c2cc(F)ccc2n1. The minimum Gasteiger partial charge on any atom is -0.381 e. The number of rotatable bonds is 1. The summed E-state index contributed by atoms with van der Waals surface area (Å²) in [6.07, 6.45) is 0.891. The number of anilines is 1. The van der Waals surface area contributed by atoms with Crippen molar-refractivity contribution in [3.05, 3.63) is 29.7 Å². The van der Waals surface area contributed by atoms with E-state index in [4.69, 9.17) is 10.5 Å². The van der Waals surface area contributed by atoms with Crippen LogP contribution in [0.25, 0.3) is 10.9 Å². The van der Waals surface area contributed by atoms with Crippen molar-refractivity contribution < 1.29 is 9.13 Å². The summed E-state index contributed by atoms with van der Waals surface area (Å²) >= 11 is 0. The first-order valence-corrected chi connectivity index (χ1v) is 5.54. The molecule has 1 aliphatic heterocycles. The average Bonchev–Trinajstić information content (AvgIpc) is 2.82. The van der Waals surface area contributed by atoms with Gasteiger partial charge in [-0.2, -0.15) is 0 Å². The second-order valence-electron chi connectivity index (χ2n) is 4.19. The Bertz CT molecular complexity index is 567. The summed E-state index contributed by atoms with van der Waals surface area (Å²) in [5, 5.41) is 0.731. The number of ether oxygens (including phenoxy) is 1. The van der Waals surface area contributed by atoms with Crippen LogP contribution in [0.5, 0.6) is 0 Å². The molecule has 3 rings (SSSR count). The predicted molar refractivity (Wildman–Crippen MR) is 62.1 cm³/mol. The normalized spacial score (nSPS) is 19.9. The standard InChI is InChI=1S/C12H12FN3O/c13-8-1-2-10-9(5-8)11(16-12(14)15-10)7-3-4-17-6-7/h1-2,5,7H,3-4,6H2,(H2,14,15,16). The maximum atomic E-state index is 13.3. The second kappa shape index (κ2) is 3.92. The number of nitrogens with zero attached hydrogens (tertiary/aromatic N) is 2. The van der Waals surface area contributed by atoms with Gasteiger partial charge >= 0.3 is 0 Å². The lowest BCUT2D eigenvalue weighted by atomic mass is 10.0. The minimum absolute atomic E-state index is 0.185. The highest BCUT2D eigenvalue weighted by Crippen LogP contribution is 2.30. The van der Waals surface area contributed by atoms with Crippen LogP contribution in [0.15, 0.2) is 18.2 Å². The molecular formula is C12H12FN3O. The van der Waals surface area contributed by atoms with Gasteiger partial charge in [0, 0.05) is 17.9 Å². The van der Waals surface area contributed by atoms with Crippen LogP contribution in [0.1, 0.15) is 18.0 Å². The molecule has 0 spiro atoms. The molecular weight excluding hydrogens is 221 g/mol. The predicted octanol–water partition coefficient (Wildman–Crippen LogP) is 1.85. The number of benzene rings is 1. The Hall–Kier alpha value is -1.75. The van der Waals surface area contributed by atoms with Crippen LogP contribution in [0, 0.1) is 5.82 Å². The molecule has 17 heavy (non-hydrogen) atoms. The van der Waals surface area contributed by atoms with E-state index < -0.39 is 0 Å². The largest absolute Gasteiger partial charge is 0.381 e. The van der Waals surface area contributed by atoms with Crippen LogP contribution in [-0.2, 0) is 4.74 Å². The number of hydrogen-bond donors (Lipinski definition) is 1. The molecule has 0 aliphatic carbocycles. The topological polar surface area (TPSA) is 61.0 Å². The summed E-state index contributed by atoms with van der Waals surface area (Å²) in [4.78, 5) is 8.35. The van der Waals surface area contributed by atoms with Gasteiger partial charge < -0.3 is 10.5 Å². The van der Waals surface area contributed by atoms with Gasteiger partial charge in [0.25, 0.3) is 0 Å². The Morgan fingerprint density at radius 1 is 1.35 bits per heavy atom. The van der Waals surface area contributed by atoms with E-state index in [0.29, 0.717) is 18.7 Å². The van der Waals surface area contributed by atoms with Crippen molar-refractivity contribution in [1.29, 1.82) is 0 Å². The highest BCUT2D eigenvalue weighted by atomic mass is 19.1. The number of nitrogen functional groups attached to an aromatic ring is 1. The zero-order valence-corrected chi connectivity index (χ0v) is 9.19. The number of nitrogens with two attached hydrogens (primary N) is 1. The zero-order chi connectivity index (χ0) is 11.8. The smallest absolute Gasteiger partial charge is 0.220 e. The van der Waals surface area contributed by atoms with Crippen LogP contribution in [0.4, 0.5) is 10.3 Å². The molecule has 88 valence electrons. The Kier molecular flexibility index (Phi) is 2.40. The molecule has 1 aromatic heterocycles. The van der Waals surface area contributed by atoms with E-state index in [0.717, 1.165) is 17.5 Å². The highest BCUT2D eigenvalue weighted by Gasteiger charge is 2.22. The lowest BCUT2D eigenvalue weighted by Gasteiger charge is -2.11. The Labute approximate surface area is 97.6 Å². The number of fused-ring (bicyclic) bond motifs is 1. The molecule has 1 atom stereocenters. The van der Waals surface area contributed by atoms with Crippen molar-refractivity contribution in [3.63, 3.8) is 0 Å². The lowest BCUT2D eigenvalue weighted by molar-refractivity contribution is 0.193.